The molecule has 1 unspecified atom stereocenters. The van der Waals surface area contributed by atoms with Crippen LogP contribution in [-0.2, 0) is 11.3 Å². The molecular weight excluding hydrogens is 318 g/mol. The van der Waals surface area contributed by atoms with E-state index in [0.717, 1.165) is 19.5 Å². The first kappa shape index (κ1) is 18.6. The number of fused-ring (bicyclic) bond motifs is 1. The van der Waals surface area contributed by atoms with Gasteiger partial charge in [-0.1, -0.05) is 66.7 Å². The van der Waals surface area contributed by atoms with Gasteiger partial charge in [0.05, 0.1) is 6.10 Å². The lowest BCUT2D eigenvalue weighted by atomic mass is 10.0. The number of nitrogens with zero attached hydrogens (tertiary/aromatic N) is 1. The summed E-state index contributed by atoms with van der Waals surface area (Å²) in [6.07, 6.45) is 1.11. The SMILES string of the molecule is COC(CCN(Cc1ccccc1)C(C)C)c1ccc2ccccc2c1. The maximum absolute atomic E-state index is 5.84. The number of hydrogen-bond donors (Lipinski definition) is 0. The van der Waals surface area contributed by atoms with Gasteiger partial charge in [0.1, 0.15) is 0 Å². The molecule has 0 heterocycles. The second-order valence-corrected chi connectivity index (χ2v) is 7.17. The maximum atomic E-state index is 5.84. The standard InChI is InChI=1S/C24H29NO/c1-19(2)25(18-20-9-5-4-6-10-20)16-15-24(26-3)23-14-13-21-11-7-8-12-22(21)17-23/h4-14,17,19,24H,15-16,18H2,1-3H3. The van der Waals surface area contributed by atoms with Gasteiger partial charge < -0.3 is 4.74 Å². The van der Waals surface area contributed by atoms with Crippen molar-refractivity contribution in [1.29, 1.82) is 0 Å². The van der Waals surface area contributed by atoms with Crippen LogP contribution in [0.3, 0.4) is 0 Å². The van der Waals surface area contributed by atoms with Gasteiger partial charge in [-0.2, -0.15) is 0 Å². The van der Waals surface area contributed by atoms with E-state index in [-0.39, 0.29) is 6.10 Å². The minimum Gasteiger partial charge on any atom is -0.377 e. The lowest BCUT2D eigenvalue weighted by Crippen LogP contribution is -2.32. The van der Waals surface area contributed by atoms with E-state index >= 15 is 0 Å². The van der Waals surface area contributed by atoms with Gasteiger partial charge in [-0.05, 0) is 48.2 Å². The molecule has 0 saturated heterocycles. The van der Waals surface area contributed by atoms with E-state index in [1.165, 1.54) is 21.9 Å². The molecule has 2 heteroatoms. The van der Waals surface area contributed by atoms with Crippen LogP contribution in [-0.4, -0.2) is 24.6 Å². The Labute approximate surface area is 157 Å². The summed E-state index contributed by atoms with van der Waals surface area (Å²) in [5, 5.41) is 2.55. The van der Waals surface area contributed by atoms with E-state index in [9.17, 15) is 0 Å². The Balaban J connectivity index is 1.69. The molecule has 0 amide bonds. The van der Waals surface area contributed by atoms with Crippen LogP contribution in [0.15, 0.2) is 72.8 Å². The second kappa shape index (κ2) is 8.98. The van der Waals surface area contributed by atoms with Crippen molar-refractivity contribution in [1.82, 2.24) is 4.90 Å². The van der Waals surface area contributed by atoms with Gasteiger partial charge in [-0.25, -0.2) is 0 Å². The molecule has 3 aromatic carbocycles. The fraction of sp³-hybridized carbons (Fsp3) is 0.333. The molecule has 0 fully saturated rings. The first-order valence-electron chi connectivity index (χ1n) is 9.47. The molecule has 0 aliphatic carbocycles. The zero-order chi connectivity index (χ0) is 18.4. The lowest BCUT2D eigenvalue weighted by molar-refractivity contribution is 0.0767. The quantitative estimate of drug-likeness (QED) is 0.508. The van der Waals surface area contributed by atoms with Gasteiger partial charge in [0.2, 0.25) is 0 Å². The summed E-state index contributed by atoms with van der Waals surface area (Å²) in [4.78, 5) is 2.52. The van der Waals surface area contributed by atoms with Crippen molar-refractivity contribution in [2.45, 2.75) is 39.0 Å². The topological polar surface area (TPSA) is 12.5 Å². The van der Waals surface area contributed by atoms with Gasteiger partial charge in [0.15, 0.2) is 0 Å². The fourth-order valence-corrected chi connectivity index (χ4v) is 3.45. The summed E-state index contributed by atoms with van der Waals surface area (Å²) in [5.74, 6) is 0. The Morgan fingerprint density at radius 3 is 2.23 bits per heavy atom. The van der Waals surface area contributed by atoms with Crippen molar-refractivity contribution in [3.05, 3.63) is 83.9 Å². The highest BCUT2D eigenvalue weighted by Gasteiger charge is 2.16. The van der Waals surface area contributed by atoms with Gasteiger partial charge >= 0.3 is 0 Å². The Hall–Kier alpha value is -2.16. The van der Waals surface area contributed by atoms with E-state index in [1.807, 2.05) is 7.11 Å². The summed E-state index contributed by atoms with van der Waals surface area (Å²) >= 11 is 0. The molecule has 26 heavy (non-hydrogen) atoms. The van der Waals surface area contributed by atoms with E-state index in [0.29, 0.717) is 6.04 Å². The van der Waals surface area contributed by atoms with Crippen LogP contribution < -0.4 is 0 Å². The average Bonchev–Trinajstić information content (AvgIpc) is 2.68. The van der Waals surface area contributed by atoms with E-state index < -0.39 is 0 Å². The van der Waals surface area contributed by atoms with E-state index in [4.69, 9.17) is 4.74 Å². The van der Waals surface area contributed by atoms with Crippen molar-refractivity contribution in [2.75, 3.05) is 13.7 Å². The molecule has 0 N–H and O–H groups in total. The molecule has 0 saturated carbocycles. The minimum absolute atomic E-state index is 0.122. The van der Waals surface area contributed by atoms with Crippen LogP contribution in [0, 0.1) is 0 Å². The number of hydrogen-bond acceptors (Lipinski definition) is 2. The highest BCUT2D eigenvalue weighted by atomic mass is 16.5. The van der Waals surface area contributed by atoms with Gasteiger partial charge in [0.25, 0.3) is 0 Å². The molecule has 3 aromatic rings. The van der Waals surface area contributed by atoms with Gasteiger partial charge in [-0.3, -0.25) is 4.90 Å². The molecule has 0 aromatic heterocycles. The van der Waals surface area contributed by atoms with Crippen molar-refractivity contribution < 1.29 is 4.74 Å². The summed E-state index contributed by atoms with van der Waals surface area (Å²) in [7, 11) is 1.82. The van der Waals surface area contributed by atoms with Crippen LogP contribution in [0.25, 0.3) is 10.8 Å². The third kappa shape index (κ3) is 4.72. The highest BCUT2D eigenvalue weighted by Crippen LogP contribution is 2.25. The van der Waals surface area contributed by atoms with Gasteiger partial charge in [-0.15, -0.1) is 0 Å². The Bertz CT molecular complexity index is 813. The Kier molecular flexibility index (Phi) is 6.43. The lowest BCUT2D eigenvalue weighted by Gasteiger charge is -2.28. The number of rotatable bonds is 8. The van der Waals surface area contributed by atoms with Crippen LogP contribution in [0.1, 0.15) is 37.5 Å². The van der Waals surface area contributed by atoms with Crippen LogP contribution >= 0.6 is 0 Å². The van der Waals surface area contributed by atoms with Crippen LogP contribution in [0.4, 0.5) is 0 Å². The number of benzene rings is 3. The minimum atomic E-state index is 0.122. The third-order valence-electron chi connectivity index (χ3n) is 5.07. The number of ether oxygens (including phenoxy) is 1. The molecule has 0 aliphatic heterocycles. The summed E-state index contributed by atoms with van der Waals surface area (Å²) in [6.45, 7) is 6.52. The summed E-state index contributed by atoms with van der Waals surface area (Å²) in [6, 6.07) is 26.4. The predicted octanol–water partition coefficient (Wildman–Crippen LogP) is 5.83. The summed E-state index contributed by atoms with van der Waals surface area (Å²) in [5.41, 5.74) is 2.62. The zero-order valence-electron chi connectivity index (χ0n) is 16.1. The second-order valence-electron chi connectivity index (χ2n) is 7.17. The van der Waals surface area contributed by atoms with Crippen molar-refractivity contribution in [3.63, 3.8) is 0 Å². The molecule has 0 aliphatic rings. The molecule has 0 spiro atoms. The molecule has 0 radical (unpaired) electrons. The van der Waals surface area contributed by atoms with E-state index in [1.54, 1.807) is 0 Å². The molecule has 3 rings (SSSR count). The van der Waals surface area contributed by atoms with Crippen molar-refractivity contribution in [3.8, 4) is 0 Å². The third-order valence-corrected chi connectivity index (χ3v) is 5.07. The average molecular weight is 348 g/mol. The first-order valence-corrected chi connectivity index (χ1v) is 9.47. The van der Waals surface area contributed by atoms with Gasteiger partial charge in [0, 0.05) is 26.2 Å². The van der Waals surface area contributed by atoms with E-state index in [2.05, 4.69) is 91.5 Å². The zero-order valence-corrected chi connectivity index (χ0v) is 16.1. The fourth-order valence-electron chi connectivity index (χ4n) is 3.45. The molecule has 136 valence electrons. The molecule has 1 atom stereocenters. The number of methoxy groups -OCH3 is 1. The molecule has 0 bridgehead atoms. The monoisotopic (exact) mass is 347 g/mol. The van der Waals surface area contributed by atoms with Crippen molar-refractivity contribution >= 4 is 10.8 Å². The normalized spacial score (nSPS) is 12.8. The van der Waals surface area contributed by atoms with Crippen molar-refractivity contribution in [2.24, 2.45) is 0 Å². The van der Waals surface area contributed by atoms with Crippen LogP contribution in [0.5, 0.6) is 0 Å². The first-order chi connectivity index (χ1) is 12.7. The Morgan fingerprint density at radius 1 is 0.846 bits per heavy atom. The maximum Gasteiger partial charge on any atom is 0.0833 e. The predicted molar refractivity (Wildman–Crippen MR) is 110 cm³/mol. The Morgan fingerprint density at radius 2 is 1.54 bits per heavy atom. The molecule has 2 nitrogen and oxygen atoms in total. The highest BCUT2D eigenvalue weighted by molar-refractivity contribution is 5.83. The van der Waals surface area contributed by atoms with Crippen LogP contribution in [0.2, 0.25) is 0 Å². The largest absolute Gasteiger partial charge is 0.377 e. The molecular formula is C24H29NO. The smallest absolute Gasteiger partial charge is 0.0833 e. The summed E-state index contributed by atoms with van der Waals surface area (Å²) < 4.78 is 5.84.